The Morgan fingerprint density at radius 1 is 0.682 bits per heavy atom. The Kier molecular flexibility index (Phi) is 5.04. The number of carbonyl (C=O) groups excluding carboxylic acids is 2. The van der Waals surface area contributed by atoms with Crippen LogP contribution in [0.5, 0.6) is 0 Å². The van der Waals surface area contributed by atoms with Crippen molar-refractivity contribution in [2.24, 2.45) is 17.8 Å². The van der Waals surface area contributed by atoms with Crippen molar-refractivity contribution in [1.29, 1.82) is 0 Å². The van der Waals surface area contributed by atoms with E-state index in [0.29, 0.717) is 11.8 Å². The first-order chi connectivity index (χ1) is 10.6. The fourth-order valence-corrected chi connectivity index (χ4v) is 4.27. The zero-order valence-corrected chi connectivity index (χ0v) is 13.9. The average molecular weight is 306 g/mol. The van der Waals surface area contributed by atoms with Crippen LogP contribution in [0.3, 0.4) is 0 Å². The SMILES string of the molecule is CC1CCN(C(=O)C2CCC(C(=O)N3CCCC3)CC2)CC1. The lowest BCUT2D eigenvalue weighted by atomic mass is 9.80. The van der Waals surface area contributed by atoms with E-state index in [1.165, 1.54) is 0 Å². The van der Waals surface area contributed by atoms with Crippen LogP contribution in [0.4, 0.5) is 0 Å². The van der Waals surface area contributed by atoms with Gasteiger partial charge in [0.25, 0.3) is 0 Å². The lowest BCUT2D eigenvalue weighted by Crippen LogP contribution is -2.43. The minimum Gasteiger partial charge on any atom is -0.342 e. The molecule has 2 saturated heterocycles. The normalized spacial score (nSPS) is 30.6. The summed E-state index contributed by atoms with van der Waals surface area (Å²) in [6.45, 7) is 6.05. The number of likely N-dealkylation sites (tertiary alicyclic amines) is 2. The monoisotopic (exact) mass is 306 g/mol. The second kappa shape index (κ2) is 7.01. The molecule has 0 aromatic rings. The summed E-state index contributed by atoms with van der Waals surface area (Å²) >= 11 is 0. The predicted molar refractivity (Wildman–Crippen MR) is 86.2 cm³/mol. The van der Waals surface area contributed by atoms with Crippen LogP contribution in [0.2, 0.25) is 0 Å². The predicted octanol–water partition coefficient (Wildman–Crippen LogP) is 2.67. The number of amides is 2. The van der Waals surface area contributed by atoms with Crippen molar-refractivity contribution >= 4 is 11.8 Å². The summed E-state index contributed by atoms with van der Waals surface area (Å²) in [6.07, 6.45) is 8.26. The maximum atomic E-state index is 12.6. The Morgan fingerprint density at radius 3 is 1.55 bits per heavy atom. The molecule has 1 saturated carbocycles. The number of rotatable bonds is 2. The first-order valence-corrected chi connectivity index (χ1v) is 9.22. The number of hydrogen-bond acceptors (Lipinski definition) is 2. The Labute approximate surface area is 134 Å². The summed E-state index contributed by atoms with van der Waals surface area (Å²) < 4.78 is 0. The molecule has 22 heavy (non-hydrogen) atoms. The lowest BCUT2D eigenvalue weighted by Gasteiger charge is -2.36. The van der Waals surface area contributed by atoms with Crippen LogP contribution in [0, 0.1) is 17.8 Å². The van der Waals surface area contributed by atoms with Crippen LogP contribution in [-0.2, 0) is 9.59 Å². The lowest BCUT2D eigenvalue weighted by molar-refractivity contribution is -0.141. The molecule has 4 nitrogen and oxygen atoms in total. The van der Waals surface area contributed by atoms with Crippen molar-refractivity contribution in [3.63, 3.8) is 0 Å². The minimum atomic E-state index is 0.177. The molecule has 2 heterocycles. The second-order valence-electron chi connectivity index (χ2n) is 7.59. The van der Waals surface area contributed by atoms with Gasteiger partial charge in [-0.15, -0.1) is 0 Å². The highest BCUT2D eigenvalue weighted by Crippen LogP contribution is 2.32. The van der Waals surface area contributed by atoms with E-state index in [0.717, 1.165) is 83.5 Å². The Morgan fingerprint density at radius 2 is 1.09 bits per heavy atom. The minimum absolute atomic E-state index is 0.177. The summed E-state index contributed by atoms with van der Waals surface area (Å²) in [5.41, 5.74) is 0. The van der Waals surface area contributed by atoms with Gasteiger partial charge < -0.3 is 9.80 Å². The first kappa shape index (κ1) is 15.8. The van der Waals surface area contributed by atoms with E-state index < -0.39 is 0 Å². The summed E-state index contributed by atoms with van der Waals surface area (Å²) in [5, 5.41) is 0. The molecule has 124 valence electrons. The van der Waals surface area contributed by atoms with E-state index in [-0.39, 0.29) is 11.8 Å². The fraction of sp³-hybridized carbons (Fsp3) is 0.889. The van der Waals surface area contributed by atoms with Crippen molar-refractivity contribution in [2.75, 3.05) is 26.2 Å². The number of nitrogens with zero attached hydrogens (tertiary/aromatic N) is 2. The molecule has 0 radical (unpaired) electrons. The molecule has 0 unspecified atom stereocenters. The molecule has 0 bridgehead atoms. The van der Waals surface area contributed by atoms with Crippen LogP contribution < -0.4 is 0 Å². The van der Waals surface area contributed by atoms with Gasteiger partial charge in [0.1, 0.15) is 0 Å². The average Bonchev–Trinajstić information content (AvgIpc) is 3.09. The Bertz CT molecular complexity index is 401. The molecule has 3 fully saturated rings. The summed E-state index contributed by atoms with van der Waals surface area (Å²) in [6, 6.07) is 0. The quantitative estimate of drug-likeness (QED) is 0.787. The van der Waals surface area contributed by atoms with Crippen molar-refractivity contribution in [3.8, 4) is 0 Å². The first-order valence-electron chi connectivity index (χ1n) is 9.22. The molecule has 4 heteroatoms. The number of piperidine rings is 1. The van der Waals surface area contributed by atoms with Gasteiger partial charge in [-0.1, -0.05) is 6.92 Å². The fourth-order valence-electron chi connectivity index (χ4n) is 4.27. The van der Waals surface area contributed by atoms with Gasteiger partial charge >= 0.3 is 0 Å². The molecular weight excluding hydrogens is 276 g/mol. The standard InChI is InChI=1S/C18H30N2O2/c1-14-8-12-20(13-9-14)18(22)16-6-4-15(5-7-16)17(21)19-10-2-3-11-19/h14-16H,2-13H2,1H3. The smallest absolute Gasteiger partial charge is 0.225 e. The third kappa shape index (κ3) is 3.47. The van der Waals surface area contributed by atoms with Gasteiger partial charge in [-0.05, 0) is 57.3 Å². The largest absolute Gasteiger partial charge is 0.342 e. The molecule has 3 aliphatic rings. The van der Waals surface area contributed by atoms with Gasteiger partial charge in [0.05, 0.1) is 0 Å². The van der Waals surface area contributed by atoms with Crippen molar-refractivity contribution in [1.82, 2.24) is 9.80 Å². The van der Waals surface area contributed by atoms with Crippen molar-refractivity contribution in [3.05, 3.63) is 0 Å². The van der Waals surface area contributed by atoms with Crippen LogP contribution in [-0.4, -0.2) is 47.8 Å². The molecular formula is C18H30N2O2. The van der Waals surface area contributed by atoms with Crippen LogP contribution in [0.15, 0.2) is 0 Å². The van der Waals surface area contributed by atoms with Gasteiger partial charge in [-0.2, -0.15) is 0 Å². The summed E-state index contributed by atoms with van der Waals surface area (Å²) in [7, 11) is 0. The third-order valence-corrected chi connectivity index (χ3v) is 5.94. The number of hydrogen-bond donors (Lipinski definition) is 0. The molecule has 2 amide bonds. The molecule has 1 aliphatic carbocycles. The van der Waals surface area contributed by atoms with E-state index in [9.17, 15) is 9.59 Å². The molecule has 0 spiro atoms. The van der Waals surface area contributed by atoms with Crippen LogP contribution in [0.25, 0.3) is 0 Å². The van der Waals surface area contributed by atoms with Gasteiger partial charge in [0, 0.05) is 38.0 Å². The summed E-state index contributed by atoms with van der Waals surface area (Å²) in [4.78, 5) is 29.2. The van der Waals surface area contributed by atoms with Gasteiger partial charge in [-0.25, -0.2) is 0 Å². The van der Waals surface area contributed by atoms with E-state index in [1.54, 1.807) is 0 Å². The van der Waals surface area contributed by atoms with E-state index >= 15 is 0 Å². The third-order valence-electron chi connectivity index (χ3n) is 5.94. The maximum absolute atomic E-state index is 12.6. The zero-order chi connectivity index (χ0) is 15.5. The Hall–Kier alpha value is -1.06. The van der Waals surface area contributed by atoms with Gasteiger partial charge in [0.15, 0.2) is 0 Å². The van der Waals surface area contributed by atoms with Crippen molar-refractivity contribution in [2.45, 2.75) is 58.3 Å². The van der Waals surface area contributed by atoms with Crippen molar-refractivity contribution < 1.29 is 9.59 Å². The van der Waals surface area contributed by atoms with Crippen LogP contribution in [0.1, 0.15) is 58.3 Å². The van der Waals surface area contributed by atoms with Gasteiger partial charge in [-0.3, -0.25) is 9.59 Å². The molecule has 0 atom stereocenters. The Balaban J connectivity index is 1.46. The molecule has 0 N–H and O–H groups in total. The van der Waals surface area contributed by atoms with E-state index in [1.807, 2.05) is 4.90 Å². The molecule has 2 aliphatic heterocycles. The second-order valence-corrected chi connectivity index (χ2v) is 7.59. The maximum Gasteiger partial charge on any atom is 0.225 e. The zero-order valence-electron chi connectivity index (χ0n) is 13.9. The van der Waals surface area contributed by atoms with E-state index in [2.05, 4.69) is 11.8 Å². The topological polar surface area (TPSA) is 40.6 Å². The molecule has 3 rings (SSSR count). The molecule has 0 aromatic heterocycles. The highest BCUT2D eigenvalue weighted by atomic mass is 16.2. The van der Waals surface area contributed by atoms with E-state index in [4.69, 9.17) is 0 Å². The molecule has 0 aromatic carbocycles. The highest BCUT2D eigenvalue weighted by Gasteiger charge is 2.34. The summed E-state index contributed by atoms with van der Waals surface area (Å²) in [5.74, 6) is 1.84. The highest BCUT2D eigenvalue weighted by molar-refractivity contribution is 5.81. The number of carbonyl (C=O) groups is 2. The van der Waals surface area contributed by atoms with Crippen LogP contribution >= 0.6 is 0 Å². The van der Waals surface area contributed by atoms with Gasteiger partial charge in [0.2, 0.25) is 11.8 Å².